The standard InChI is InChI=1S/C92H147N23O27/c1-42(2)35-60(83(132)109-64(39-68(96)121)91(140)115-34-20-22-66(115)87(136)110-65(41-116)86(135)113-70(44(5)6)88(137)102-49(13)76(125)100-52(16)79(128)114-73(53(17)117)92(141)142)107-90(139)72(46(9)10)112-85(134)61(36-43(3)4)108-89(138)71(45(7)8)111-81(130)58(21-18-19-33-93)105-84(133)62(37-54-23-27-56(118)28-24-54)103-69(122)40-97-80(129)59(31-32-67(95)120)104-77(126)51(15)99-75(124)48(12)101-82(131)63(38-55-25-29-57(119)30-26-55)106-78(127)50(14)98-74(123)47(11)94/h23-30,42-53,58-66,70-73,116-119H,18-22,31-41,93-94H2,1-17H3,(H2,95,120)(H2,96,121)(H,97,129)(H,98,123)(H,99,124)(H,100,125)(H,101,131)(H,102,137)(H,103,122)(H,104,126)(H,105,133)(H,106,127)(H,107,139)(H,108,138)(H,109,132)(H,110,136)(H,111,130)(H,112,134)(H,113,135)(H,114,128)(H,141,142)/t47-,48-,49-,50-,51-,52-,53+,58-,59-,60-,61-,62-,63-,64-,65-,66-,70-,71-,72-,73-/m0/s1. The van der Waals surface area contributed by atoms with Gasteiger partial charge in [-0.3, -0.25) is 101 Å². The summed E-state index contributed by atoms with van der Waals surface area (Å²) in [4.78, 5) is 302. The monoisotopic (exact) mass is 2010 g/mol. The molecule has 792 valence electrons. The van der Waals surface area contributed by atoms with Crippen LogP contribution in [0.2, 0.25) is 0 Å². The molecule has 1 heterocycles. The zero-order valence-electron chi connectivity index (χ0n) is 83.3. The number of hydrogen-bond acceptors (Lipinski definition) is 28. The Labute approximate surface area is 823 Å². The molecule has 20 atom stereocenters. The van der Waals surface area contributed by atoms with E-state index in [0.717, 1.165) is 11.8 Å². The number of phenolic OH excluding ortho intramolecular Hbond substituents is 2. The van der Waals surface area contributed by atoms with E-state index in [2.05, 4.69) is 95.7 Å². The lowest BCUT2D eigenvalue weighted by Gasteiger charge is -2.31. The number of aliphatic hydroxyl groups is 2. The van der Waals surface area contributed by atoms with Crippen LogP contribution in [0.25, 0.3) is 0 Å². The lowest BCUT2D eigenvalue weighted by atomic mass is 9.97. The van der Waals surface area contributed by atoms with Gasteiger partial charge in [0.25, 0.3) is 0 Å². The van der Waals surface area contributed by atoms with Crippen molar-refractivity contribution in [1.82, 2.24) is 101 Å². The van der Waals surface area contributed by atoms with Crippen LogP contribution in [0.5, 0.6) is 11.5 Å². The molecular weight excluding hydrogens is 1860 g/mol. The maximum absolute atomic E-state index is 14.7. The highest BCUT2D eigenvalue weighted by Gasteiger charge is 2.44. The summed E-state index contributed by atoms with van der Waals surface area (Å²) in [5.41, 5.74) is 23.4. The zero-order valence-corrected chi connectivity index (χ0v) is 83.3. The van der Waals surface area contributed by atoms with Gasteiger partial charge in [0.2, 0.25) is 124 Å². The summed E-state index contributed by atoms with van der Waals surface area (Å²) in [5.74, 6) is -24.6. The van der Waals surface area contributed by atoms with Crippen molar-refractivity contribution in [3.05, 3.63) is 59.7 Å². The summed E-state index contributed by atoms with van der Waals surface area (Å²) >= 11 is 0. The Morgan fingerprint density at radius 1 is 0.380 bits per heavy atom. The number of nitrogens with one attached hydrogen (secondary N) is 18. The van der Waals surface area contributed by atoms with Gasteiger partial charge in [0.1, 0.15) is 114 Å². The van der Waals surface area contributed by atoms with Crippen LogP contribution < -0.4 is 119 Å². The second kappa shape index (κ2) is 59.7. The molecule has 2 aromatic carbocycles. The molecule has 1 fully saturated rings. The van der Waals surface area contributed by atoms with Crippen molar-refractivity contribution in [1.29, 1.82) is 0 Å². The van der Waals surface area contributed by atoms with Crippen LogP contribution in [-0.2, 0) is 118 Å². The normalized spacial score (nSPS) is 16.4. The molecule has 142 heavy (non-hydrogen) atoms. The highest BCUT2D eigenvalue weighted by atomic mass is 16.4. The summed E-state index contributed by atoms with van der Waals surface area (Å²) in [6, 6.07) is -16.6. The van der Waals surface area contributed by atoms with Gasteiger partial charge >= 0.3 is 5.97 Å². The number of aromatic hydroxyl groups is 2. The number of likely N-dealkylation sites (tertiary alicyclic amines) is 1. The van der Waals surface area contributed by atoms with E-state index in [-0.39, 0.29) is 87.8 Å². The van der Waals surface area contributed by atoms with Gasteiger partial charge in [-0.1, -0.05) is 93.5 Å². The average Bonchev–Trinajstić information content (AvgIpc) is 1.56. The average molecular weight is 2010 g/mol. The zero-order chi connectivity index (χ0) is 108. The molecule has 3 rings (SSSR count). The number of hydrogen-bond donors (Lipinski definition) is 27. The lowest BCUT2D eigenvalue weighted by Crippen LogP contribution is -2.62. The minimum absolute atomic E-state index is 0.0415. The van der Waals surface area contributed by atoms with Crippen LogP contribution in [0.15, 0.2) is 48.5 Å². The van der Waals surface area contributed by atoms with Crippen molar-refractivity contribution in [3.63, 3.8) is 0 Å². The quantitative estimate of drug-likeness (QED) is 0.0274. The van der Waals surface area contributed by atoms with E-state index in [4.69, 9.17) is 22.9 Å². The van der Waals surface area contributed by atoms with Crippen LogP contribution >= 0.6 is 0 Å². The maximum atomic E-state index is 14.7. The number of carbonyl (C=O) groups excluding carboxylic acids is 21. The number of phenols is 2. The molecule has 21 amide bonds. The number of nitrogens with zero attached hydrogens (tertiary/aromatic N) is 1. The van der Waals surface area contributed by atoms with E-state index in [1.807, 2.05) is 0 Å². The SMILES string of the molecule is CC(C)C[C@H](NC(=O)[C@@H](NC(=O)[C@H](CC(C)C)NC(=O)[C@@H](NC(=O)[C@H](CCCCN)NC(=O)[C@H](Cc1ccc(O)cc1)NC(=O)CNC(=O)[C@H](CCC(N)=O)NC(=O)[C@H](C)NC(=O)[C@H](C)NC(=O)[C@H](Cc1ccc(O)cc1)NC(=O)[C@H](C)NC(=O)[C@H](C)N)C(C)C)C(C)C)C(=O)N[C@@H](CC(N)=O)C(=O)N1CCC[C@H]1C(=O)N[C@@H](CO)C(=O)N[C@H](C(=O)N[C@@H](C)C(=O)N[C@@H](C)C(=O)N[C@H](C(=O)O)[C@@H](C)O)C(C)C. The number of carboxylic acids is 1. The first-order valence-corrected chi connectivity index (χ1v) is 47.1. The molecule has 0 aliphatic carbocycles. The fourth-order valence-corrected chi connectivity index (χ4v) is 14.4. The molecule has 0 radical (unpaired) electrons. The first-order chi connectivity index (χ1) is 66.3. The molecule has 50 heteroatoms. The van der Waals surface area contributed by atoms with Gasteiger partial charge in [0.05, 0.1) is 31.7 Å². The van der Waals surface area contributed by atoms with Gasteiger partial charge in [-0.25, -0.2) is 4.79 Å². The number of amides is 21. The lowest BCUT2D eigenvalue weighted by molar-refractivity contribution is -0.145. The predicted molar refractivity (Wildman–Crippen MR) is 511 cm³/mol. The van der Waals surface area contributed by atoms with Crippen molar-refractivity contribution in [2.45, 2.75) is 316 Å². The highest BCUT2D eigenvalue weighted by Crippen LogP contribution is 2.23. The first-order valence-electron chi connectivity index (χ1n) is 47.1. The third kappa shape index (κ3) is 41.9. The van der Waals surface area contributed by atoms with Crippen LogP contribution in [0, 0.1) is 29.6 Å². The second-order valence-electron chi connectivity index (χ2n) is 37.3. The minimum Gasteiger partial charge on any atom is -0.508 e. The van der Waals surface area contributed by atoms with Crippen LogP contribution in [0.1, 0.15) is 193 Å². The van der Waals surface area contributed by atoms with E-state index in [0.29, 0.717) is 17.5 Å². The fourth-order valence-electron chi connectivity index (χ4n) is 14.4. The number of aliphatic carboxylic acids is 1. The summed E-state index contributed by atoms with van der Waals surface area (Å²) in [6.07, 6.45) is -3.37. The Balaban J connectivity index is 1.83. The number of rotatable bonds is 60. The summed E-state index contributed by atoms with van der Waals surface area (Å²) < 4.78 is 0. The number of carboxylic acid groups (broad SMARTS) is 1. The topological polar surface area (TPSA) is 801 Å². The number of aliphatic hydroxyl groups excluding tert-OH is 2. The third-order valence-corrected chi connectivity index (χ3v) is 22.7. The fraction of sp³-hybridized carbons (Fsp3) is 0.630. The summed E-state index contributed by atoms with van der Waals surface area (Å²) in [7, 11) is 0. The van der Waals surface area contributed by atoms with Crippen molar-refractivity contribution < 1.29 is 131 Å². The van der Waals surface area contributed by atoms with Crippen molar-refractivity contribution in [2.24, 2.45) is 52.5 Å². The Morgan fingerprint density at radius 3 is 1.13 bits per heavy atom. The van der Waals surface area contributed by atoms with E-state index in [1.54, 1.807) is 55.4 Å². The molecule has 1 saturated heterocycles. The third-order valence-electron chi connectivity index (χ3n) is 22.7. The van der Waals surface area contributed by atoms with Crippen LogP contribution in [0.4, 0.5) is 0 Å². The Hall–Kier alpha value is -13.8. The number of carbonyl (C=O) groups is 22. The van der Waals surface area contributed by atoms with E-state index in [9.17, 15) is 131 Å². The molecule has 0 unspecified atom stereocenters. The van der Waals surface area contributed by atoms with Gasteiger partial charge in [-0.15, -0.1) is 0 Å². The van der Waals surface area contributed by atoms with Crippen molar-refractivity contribution in [3.8, 4) is 11.5 Å². The van der Waals surface area contributed by atoms with Crippen molar-refractivity contribution >= 4 is 130 Å². The molecule has 0 saturated carbocycles. The Bertz CT molecular complexity index is 4710. The summed E-state index contributed by atoms with van der Waals surface area (Å²) in [5, 5.41) is 94.1. The molecule has 0 bridgehead atoms. The van der Waals surface area contributed by atoms with E-state index >= 15 is 0 Å². The summed E-state index contributed by atoms with van der Waals surface area (Å²) in [6.45, 7) is 23.0. The van der Waals surface area contributed by atoms with Crippen LogP contribution in [-0.4, -0.2) is 308 Å². The predicted octanol–water partition coefficient (Wildman–Crippen LogP) is -7.53. The molecule has 0 spiro atoms. The van der Waals surface area contributed by atoms with Gasteiger partial charge < -0.3 is 149 Å². The molecule has 1 aliphatic rings. The second-order valence-corrected chi connectivity index (χ2v) is 37.3. The molecule has 1 aliphatic heterocycles. The maximum Gasteiger partial charge on any atom is 0.328 e. The number of unbranched alkanes of at least 4 members (excludes halogenated alkanes) is 1. The first kappa shape index (κ1) is 122. The smallest absolute Gasteiger partial charge is 0.328 e. The number of nitrogens with two attached hydrogens (primary N) is 4. The highest BCUT2D eigenvalue weighted by molar-refractivity contribution is 6.03. The van der Waals surface area contributed by atoms with Gasteiger partial charge in [-0.05, 0) is 171 Å². The Kier molecular flexibility index (Phi) is 51.5. The van der Waals surface area contributed by atoms with Crippen LogP contribution in [0.3, 0.4) is 0 Å². The molecule has 2 aromatic rings. The van der Waals surface area contributed by atoms with Gasteiger partial charge in [-0.2, -0.15) is 0 Å². The Morgan fingerprint density at radius 2 is 0.725 bits per heavy atom. The van der Waals surface area contributed by atoms with E-state index < -0.39 is 301 Å². The molecular formula is C92H147N23O27. The van der Waals surface area contributed by atoms with Crippen molar-refractivity contribution in [2.75, 3.05) is 26.2 Å². The molecule has 0 aromatic heterocycles. The van der Waals surface area contributed by atoms with E-state index in [1.165, 1.54) is 104 Å². The van der Waals surface area contributed by atoms with Gasteiger partial charge in [0.15, 0.2) is 6.04 Å². The number of benzene rings is 2. The minimum atomic E-state index is -1.78. The van der Waals surface area contributed by atoms with Gasteiger partial charge in [0, 0.05) is 25.8 Å². The molecule has 50 nitrogen and oxygen atoms in total. The molecule has 31 N–H and O–H groups in total. The largest absolute Gasteiger partial charge is 0.508 e. The number of primary amides is 2.